The summed E-state index contributed by atoms with van der Waals surface area (Å²) in [6.07, 6.45) is 0. The summed E-state index contributed by atoms with van der Waals surface area (Å²) in [6, 6.07) is 69.2. The fourth-order valence-corrected chi connectivity index (χ4v) is 7.83. The predicted octanol–water partition coefficient (Wildman–Crippen LogP) is 12.8. The van der Waals surface area contributed by atoms with Crippen molar-refractivity contribution in [1.82, 2.24) is 9.13 Å². The normalized spacial score (nSPS) is 11.4. The molecule has 0 radical (unpaired) electrons. The van der Waals surface area contributed by atoms with Crippen LogP contribution in [-0.4, -0.2) is 9.13 Å². The standard InChI is InChI=1S/C49H31N3/c50-32-33-14-16-34(17-15-33)35-22-26-41(27-23-35)52-47-13-7-5-11-43(47)45-31-39(25-29-49(45)52)37-20-18-36(19-21-37)38-24-28-48-44(30-38)42-10-4-6-12-46(42)51(48)40-8-2-1-3-9-40/h1-31H. The number of para-hydroxylation sites is 3. The molecule has 10 rings (SSSR count). The van der Waals surface area contributed by atoms with Crippen molar-refractivity contribution in [3.05, 3.63) is 194 Å². The molecule has 242 valence electrons. The molecule has 3 heteroatoms. The largest absolute Gasteiger partial charge is 0.309 e. The van der Waals surface area contributed by atoms with Crippen molar-refractivity contribution in [3.8, 4) is 50.8 Å². The van der Waals surface area contributed by atoms with Gasteiger partial charge in [0.2, 0.25) is 0 Å². The van der Waals surface area contributed by atoms with E-state index in [9.17, 15) is 5.26 Å². The lowest BCUT2D eigenvalue weighted by Crippen LogP contribution is -1.93. The van der Waals surface area contributed by atoms with Crippen LogP contribution in [0, 0.1) is 11.3 Å². The maximum Gasteiger partial charge on any atom is 0.0991 e. The molecule has 52 heavy (non-hydrogen) atoms. The first-order valence-electron chi connectivity index (χ1n) is 17.6. The molecule has 0 unspecified atom stereocenters. The van der Waals surface area contributed by atoms with Gasteiger partial charge in [-0.2, -0.15) is 5.26 Å². The molecule has 0 atom stereocenters. The number of rotatable bonds is 5. The third-order valence-corrected chi connectivity index (χ3v) is 10.4. The first-order valence-corrected chi connectivity index (χ1v) is 17.6. The molecule has 0 fully saturated rings. The minimum Gasteiger partial charge on any atom is -0.309 e. The number of nitrogens with zero attached hydrogens (tertiary/aromatic N) is 3. The highest BCUT2D eigenvalue weighted by Crippen LogP contribution is 2.38. The van der Waals surface area contributed by atoms with Gasteiger partial charge < -0.3 is 9.13 Å². The van der Waals surface area contributed by atoms with E-state index in [4.69, 9.17) is 0 Å². The van der Waals surface area contributed by atoms with Crippen molar-refractivity contribution in [2.75, 3.05) is 0 Å². The van der Waals surface area contributed by atoms with E-state index in [0.717, 1.165) is 16.8 Å². The SMILES string of the molecule is N#Cc1ccc(-c2ccc(-n3c4ccccc4c4cc(-c5ccc(-c6ccc7c(c6)c6ccccc6n7-c6ccccc6)cc5)ccc43)cc2)cc1. The number of hydrogen-bond acceptors (Lipinski definition) is 1. The van der Waals surface area contributed by atoms with E-state index in [0.29, 0.717) is 5.56 Å². The summed E-state index contributed by atoms with van der Waals surface area (Å²) in [5.74, 6) is 0. The van der Waals surface area contributed by atoms with Crippen LogP contribution in [-0.2, 0) is 0 Å². The van der Waals surface area contributed by atoms with Gasteiger partial charge in [-0.25, -0.2) is 0 Å². The summed E-state index contributed by atoms with van der Waals surface area (Å²) in [7, 11) is 0. The third-order valence-electron chi connectivity index (χ3n) is 10.4. The average Bonchev–Trinajstić information content (AvgIpc) is 3.73. The molecule has 0 amide bonds. The number of fused-ring (bicyclic) bond motifs is 6. The van der Waals surface area contributed by atoms with Gasteiger partial charge in [0, 0.05) is 32.9 Å². The minimum absolute atomic E-state index is 0.669. The Labute approximate surface area is 301 Å². The van der Waals surface area contributed by atoms with Gasteiger partial charge in [-0.1, -0.05) is 115 Å². The maximum absolute atomic E-state index is 9.18. The van der Waals surface area contributed by atoms with Crippen molar-refractivity contribution < 1.29 is 0 Å². The van der Waals surface area contributed by atoms with Crippen LogP contribution in [0.25, 0.3) is 88.4 Å². The summed E-state index contributed by atoms with van der Waals surface area (Å²) < 4.78 is 4.71. The van der Waals surface area contributed by atoms with E-state index in [1.54, 1.807) is 0 Å². The Morgan fingerprint density at radius 2 is 0.673 bits per heavy atom. The molecule has 2 aromatic heterocycles. The Kier molecular flexibility index (Phi) is 6.87. The predicted molar refractivity (Wildman–Crippen MR) is 216 cm³/mol. The molecule has 0 saturated carbocycles. The molecule has 8 aromatic carbocycles. The molecule has 2 heterocycles. The highest BCUT2D eigenvalue weighted by Gasteiger charge is 2.15. The molecular weight excluding hydrogens is 631 g/mol. The first kappa shape index (κ1) is 29.7. The van der Waals surface area contributed by atoms with E-state index < -0.39 is 0 Å². The zero-order valence-electron chi connectivity index (χ0n) is 28.2. The molecule has 0 aliphatic carbocycles. The van der Waals surface area contributed by atoms with Gasteiger partial charge in [0.15, 0.2) is 0 Å². The summed E-state index contributed by atoms with van der Waals surface area (Å²) in [6.45, 7) is 0. The van der Waals surface area contributed by atoms with Crippen molar-refractivity contribution in [2.45, 2.75) is 0 Å². The fraction of sp³-hybridized carbons (Fsp3) is 0. The summed E-state index contributed by atoms with van der Waals surface area (Å²) >= 11 is 0. The van der Waals surface area contributed by atoms with Gasteiger partial charge in [-0.15, -0.1) is 0 Å². The van der Waals surface area contributed by atoms with E-state index in [-0.39, 0.29) is 0 Å². The third kappa shape index (κ3) is 4.81. The smallest absolute Gasteiger partial charge is 0.0991 e. The number of hydrogen-bond donors (Lipinski definition) is 0. The quantitative estimate of drug-likeness (QED) is 0.181. The van der Waals surface area contributed by atoms with Gasteiger partial charge in [0.1, 0.15) is 0 Å². The lowest BCUT2D eigenvalue weighted by Gasteiger charge is -2.10. The number of aromatic nitrogens is 2. The minimum atomic E-state index is 0.669. The monoisotopic (exact) mass is 661 g/mol. The van der Waals surface area contributed by atoms with Crippen LogP contribution in [0.1, 0.15) is 5.56 Å². The Morgan fingerprint density at radius 1 is 0.308 bits per heavy atom. The van der Waals surface area contributed by atoms with Gasteiger partial charge >= 0.3 is 0 Å². The number of benzene rings is 8. The van der Waals surface area contributed by atoms with Crippen LogP contribution >= 0.6 is 0 Å². The topological polar surface area (TPSA) is 33.6 Å². The van der Waals surface area contributed by atoms with Gasteiger partial charge in [-0.05, 0) is 106 Å². The number of nitriles is 1. The lowest BCUT2D eigenvalue weighted by atomic mass is 9.98. The highest BCUT2D eigenvalue weighted by molar-refractivity contribution is 6.11. The molecule has 0 bridgehead atoms. The maximum atomic E-state index is 9.18. The van der Waals surface area contributed by atoms with Crippen LogP contribution < -0.4 is 0 Å². The molecular formula is C49H31N3. The molecule has 0 aliphatic rings. The van der Waals surface area contributed by atoms with E-state index in [1.165, 1.54) is 71.6 Å². The molecule has 0 N–H and O–H groups in total. The highest BCUT2D eigenvalue weighted by atomic mass is 15.0. The van der Waals surface area contributed by atoms with E-state index in [1.807, 2.05) is 24.3 Å². The summed E-state index contributed by atoms with van der Waals surface area (Å²) in [5, 5.41) is 14.2. The first-order chi connectivity index (χ1) is 25.7. The van der Waals surface area contributed by atoms with Crippen molar-refractivity contribution in [2.24, 2.45) is 0 Å². The second kappa shape index (κ2) is 12.0. The second-order valence-corrected chi connectivity index (χ2v) is 13.3. The van der Waals surface area contributed by atoms with Crippen LogP contribution in [0.15, 0.2) is 188 Å². The van der Waals surface area contributed by atoms with Gasteiger partial charge in [0.25, 0.3) is 0 Å². The molecule has 3 nitrogen and oxygen atoms in total. The Balaban J connectivity index is 1.00. The van der Waals surface area contributed by atoms with Crippen LogP contribution in [0.2, 0.25) is 0 Å². The Morgan fingerprint density at radius 3 is 1.17 bits per heavy atom. The molecule has 10 aromatic rings. The molecule has 0 aliphatic heterocycles. The lowest BCUT2D eigenvalue weighted by molar-refractivity contribution is 1.18. The Bertz CT molecular complexity index is 2980. The van der Waals surface area contributed by atoms with Crippen molar-refractivity contribution >= 4 is 43.6 Å². The fourth-order valence-electron chi connectivity index (χ4n) is 7.83. The zero-order valence-corrected chi connectivity index (χ0v) is 28.2. The Hall–Kier alpha value is -7.15. The zero-order chi connectivity index (χ0) is 34.6. The average molecular weight is 662 g/mol. The molecule has 0 spiro atoms. The molecule has 0 saturated heterocycles. The summed E-state index contributed by atoms with van der Waals surface area (Å²) in [5.41, 5.74) is 14.7. The van der Waals surface area contributed by atoms with Crippen LogP contribution in [0.4, 0.5) is 0 Å². The summed E-state index contributed by atoms with van der Waals surface area (Å²) in [4.78, 5) is 0. The van der Waals surface area contributed by atoms with Gasteiger partial charge in [-0.3, -0.25) is 0 Å². The van der Waals surface area contributed by atoms with Crippen molar-refractivity contribution in [3.63, 3.8) is 0 Å². The van der Waals surface area contributed by atoms with E-state index >= 15 is 0 Å². The van der Waals surface area contributed by atoms with Gasteiger partial charge in [0.05, 0.1) is 33.7 Å². The second-order valence-electron chi connectivity index (χ2n) is 13.3. The van der Waals surface area contributed by atoms with Crippen molar-refractivity contribution in [1.29, 1.82) is 5.26 Å². The van der Waals surface area contributed by atoms with Crippen LogP contribution in [0.3, 0.4) is 0 Å². The van der Waals surface area contributed by atoms with Crippen LogP contribution in [0.5, 0.6) is 0 Å². The van der Waals surface area contributed by atoms with E-state index in [2.05, 4.69) is 179 Å².